The molecule has 2 amide bonds. The van der Waals surface area contributed by atoms with Gasteiger partial charge >= 0.3 is 0 Å². The number of amides is 2. The number of likely N-dealkylation sites (tertiary alicyclic amines) is 1. The summed E-state index contributed by atoms with van der Waals surface area (Å²) in [5.41, 5.74) is 1.19. The highest BCUT2D eigenvalue weighted by Gasteiger charge is 2.34. The highest BCUT2D eigenvalue weighted by atomic mass is 19.1. The van der Waals surface area contributed by atoms with Crippen LogP contribution in [0.2, 0.25) is 0 Å². The van der Waals surface area contributed by atoms with Crippen molar-refractivity contribution >= 4 is 17.6 Å². The number of halogens is 2. The minimum atomic E-state index is -0.978. The van der Waals surface area contributed by atoms with Gasteiger partial charge in [-0.05, 0) is 48.8 Å². The highest BCUT2D eigenvalue weighted by Crippen LogP contribution is 2.24. The molecule has 7 heteroatoms. The molecule has 2 aromatic rings. The Hall–Kier alpha value is -3.09. The summed E-state index contributed by atoms with van der Waals surface area (Å²) < 4.78 is 28.0. The molecule has 0 aliphatic carbocycles. The first-order valence-corrected chi connectivity index (χ1v) is 12.2. The van der Waals surface area contributed by atoms with Crippen molar-refractivity contribution in [2.24, 2.45) is 17.8 Å². The number of nitrogens with zero attached hydrogens (tertiary/aromatic N) is 1. The van der Waals surface area contributed by atoms with Crippen LogP contribution < -0.4 is 5.32 Å². The molecule has 0 bridgehead atoms. The fraction of sp³-hybridized carbons (Fsp3) is 0.464. The molecule has 0 radical (unpaired) electrons. The molecule has 0 aromatic heterocycles. The first-order chi connectivity index (χ1) is 16.6. The third-order valence-electron chi connectivity index (χ3n) is 6.47. The smallest absolute Gasteiger partial charge is 0.257 e. The normalized spacial score (nSPS) is 15.4. The van der Waals surface area contributed by atoms with Crippen molar-refractivity contribution in [3.8, 4) is 0 Å². The maximum absolute atomic E-state index is 14.0. The summed E-state index contributed by atoms with van der Waals surface area (Å²) in [6, 6.07) is 10.0. The maximum atomic E-state index is 14.0. The Labute approximate surface area is 205 Å². The summed E-state index contributed by atoms with van der Waals surface area (Å²) in [4.78, 5) is 40.4. The predicted octanol–water partition coefficient (Wildman–Crippen LogP) is 5.04. The van der Waals surface area contributed by atoms with Crippen LogP contribution in [-0.2, 0) is 11.2 Å². The van der Waals surface area contributed by atoms with Crippen LogP contribution in [0.4, 0.5) is 8.78 Å². The molecule has 1 heterocycles. The van der Waals surface area contributed by atoms with Gasteiger partial charge in [-0.15, -0.1) is 0 Å². The van der Waals surface area contributed by atoms with Gasteiger partial charge in [0.1, 0.15) is 23.2 Å². The quantitative estimate of drug-likeness (QED) is 0.534. The fourth-order valence-corrected chi connectivity index (χ4v) is 4.51. The second-order valence-corrected chi connectivity index (χ2v) is 10.1. The van der Waals surface area contributed by atoms with Gasteiger partial charge in [-0.2, -0.15) is 0 Å². The summed E-state index contributed by atoms with van der Waals surface area (Å²) in [7, 11) is 0. The fourth-order valence-electron chi connectivity index (χ4n) is 4.51. The van der Waals surface area contributed by atoms with E-state index in [0.29, 0.717) is 37.4 Å². The lowest BCUT2D eigenvalue weighted by Gasteiger charge is -2.35. The molecule has 1 N–H and O–H groups in total. The van der Waals surface area contributed by atoms with Crippen molar-refractivity contribution in [3.05, 3.63) is 70.8 Å². The third-order valence-corrected chi connectivity index (χ3v) is 6.47. The summed E-state index contributed by atoms with van der Waals surface area (Å²) in [5, 5.41) is 2.51. The minimum absolute atomic E-state index is 0.0805. The summed E-state index contributed by atoms with van der Waals surface area (Å²) >= 11 is 0. The van der Waals surface area contributed by atoms with Gasteiger partial charge in [-0.3, -0.25) is 14.4 Å². The van der Waals surface area contributed by atoms with Crippen LogP contribution in [0.15, 0.2) is 42.5 Å². The van der Waals surface area contributed by atoms with E-state index < -0.39 is 29.1 Å². The largest absolute Gasteiger partial charge is 0.341 e. The molecule has 188 valence electrons. The monoisotopic (exact) mass is 484 g/mol. The van der Waals surface area contributed by atoms with Gasteiger partial charge in [0.05, 0.1) is 0 Å². The summed E-state index contributed by atoms with van der Waals surface area (Å²) in [6.07, 6.45) is 2.02. The number of hydrogen-bond donors (Lipinski definition) is 1. The van der Waals surface area contributed by atoms with Crippen molar-refractivity contribution in [2.45, 2.75) is 53.0 Å². The number of carbonyl (C=O) groups is 3. The molecular weight excluding hydrogens is 450 g/mol. The van der Waals surface area contributed by atoms with Crippen molar-refractivity contribution < 1.29 is 23.2 Å². The molecule has 35 heavy (non-hydrogen) atoms. The standard InChI is InChI=1S/C28H34F2N2O3/c1-17(2)16-19-8-10-20(11-9-19)26(33)21-12-14-32(15-13-21)28(35)25(18(3)4)31-27(34)24-22(29)6-5-7-23(24)30/h5-11,17-18,21,25H,12-16H2,1-4H3,(H,31,34). The Kier molecular flexibility index (Phi) is 8.76. The van der Waals surface area contributed by atoms with Crippen molar-refractivity contribution in [2.75, 3.05) is 13.1 Å². The molecule has 1 saturated heterocycles. The van der Waals surface area contributed by atoms with Gasteiger partial charge in [0.15, 0.2) is 5.78 Å². The molecule has 3 rings (SSSR count). The number of Topliss-reactive ketones (excluding diaryl/α,β-unsaturated/α-hetero) is 1. The summed E-state index contributed by atoms with van der Waals surface area (Å²) in [6.45, 7) is 8.60. The molecule has 5 nitrogen and oxygen atoms in total. The lowest BCUT2D eigenvalue weighted by molar-refractivity contribution is -0.135. The molecule has 1 unspecified atom stereocenters. The van der Waals surface area contributed by atoms with Gasteiger partial charge in [0, 0.05) is 24.6 Å². The first kappa shape index (κ1) is 26.5. The number of rotatable bonds is 8. The van der Waals surface area contributed by atoms with Gasteiger partial charge in [-0.1, -0.05) is 58.0 Å². The Morgan fingerprint density at radius 2 is 1.51 bits per heavy atom. The van der Waals surface area contributed by atoms with Crippen LogP contribution in [0, 0.1) is 29.4 Å². The molecule has 2 aromatic carbocycles. The average molecular weight is 485 g/mol. The second-order valence-electron chi connectivity index (χ2n) is 10.1. The molecule has 1 aliphatic heterocycles. The van der Waals surface area contributed by atoms with E-state index in [0.717, 1.165) is 18.6 Å². The van der Waals surface area contributed by atoms with Gasteiger partial charge in [-0.25, -0.2) is 8.78 Å². The van der Waals surface area contributed by atoms with Crippen LogP contribution in [0.3, 0.4) is 0 Å². The number of carbonyl (C=O) groups excluding carboxylic acids is 3. The average Bonchev–Trinajstić information content (AvgIpc) is 2.81. The SMILES string of the molecule is CC(C)Cc1ccc(C(=O)C2CCN(C(=O)C(NC(=O)c3c(F)cccc3F)C(C)C)CC2)cc1. The zero-order valence-corrected chi connectivity index (χ0v) is 20.8. The molecule has 1 aliphatic rings. The minimum Gasteiger partial charge on any atom is -0.341 e. The van der Waals surface area contributed by atoms with E-state index in [1.165, 1.54) is 11.6 Å². The Morgan fingerprint density at radius 1 is 0.943 bits per heavy atom. The van der Waals surface area contributed by atoms with Crippen molar-refractivity contribution in [1.29, 1.82) is 0 Å². The zero-order chi connectivity index (χ0) is 25.7. The van der Waals surface area contributed by atoms with E-state index in [1.807, 2.05) is 24.3 Å². The lowest BCUT2D eigenvalue weighted by atomic mass is 9.87. The molecular formula is C28H34F2N2O3. The Morgan fingerprint density at radius 3 is 2.03 bits per heavy atom. The number of hydrogen-bond acceptors (Lipinski definition) is 3. The number of ketones is 1. The van der Waals surface area contributed by atoms with E-state index >= 15 is 0 Å². The topological polar surface area (TPSA) is 66.5 Å². The van der Waals surface area contributed by atoms with Crippen LogP contribution in [0.5, 0.6) is 0 Å². The van der Waals surface area contributed by atoms with Crippen LogP contribution in [0.25, 0.3) is 0 Å². The Bertz CT molecular complexity index is 1040. The van der Waals surface area contributed by atoms with Crippen LogP contribution in [-0.4, -0.2) is 41.6 Å². The highest BCUT2D eigenvalue weighted by molar-refractivity contribution is 5.99. The van der Waals surface area contributed by atoms with Gasteiger partial charge in [0.2, 0.25) is 5.91 Å². The molecule has 1 fully saturated rings. The van der Waals surface area contributed by atoms with Crippen molar-refractivity contribution in [1.82, 2.24) is 10.2 Å². The molecule has 0 saturated carbocycles. The van der Waals surface area contributed by atoms with E-state index in [2.05, 4.69) is 19.2 Å². The van der Waals surface area contributed by atoms with E-state index in [9.17, 15) is 23.2 Å². The van der Waals surface area contributed by atoms with Gasteiger partial charge < -0.3 is 10.2 Å². The lowest BCUT2D eigenvalue weighted by Crippen LogP contribution is -2.53. The number of benzene rings is 2. The van der Waals surface area contributed by atoms with Crippen LogP contribution >= 0.6 is 0 Å². The zero-order valence-electron chi connectivity index (χ0n) is 20.8. The predicted molar refractivity (Wildman–Crippen MR) is 131 cm³/mol. The number of nitrogens with one attached hydrogen (secondary N) is 1. The third kappa shape index (κ3) is 6.53. The van der Waals surface area contributed by atoms with Gasteiger partial charge in [0.25, 0.3) is 5.91 Å². The summed E-state index contributed by atoms with van der Waals surface area (Å²) in [5.74, 6) is -3.06. The first-order valence-electron chi connectivity index (χ1n) is 12.2. The molecule has 1 atom stereocenters. The maximum Gasteiger partial charge on any atom is 0.257 e. The van der Waals surface area contributed by atoms with E-state index in [1.54, 1.807) is 18.7 Å². The van der Waals surface area contributed by atoms with E-state index in [4.69, 9.17) is 0 Å². The van der Waals surface area contributed by atoms with E-state index in [-0.39, 0.29) is 23.5 Å². The number of piperidine rings is 1. The van der Waals surface area contributed by atoms with Crippen LogP contribution in [0.1, 0.15) is 66.8 Å². The molecule has 0 spiro atoms. The second kappa shape index (κ2) is 11.6. The Balaban J connectivity index is 1.61. The van der Waals surface area contributed by atoms with Crippen molar-refractivity contribution in [3.63, 3.8) is 0 Å².